The molecular weight excluding hydrogens is 228 g/mol. The molecular formula is C14H26N2O2. The second kappa shape index (κ2) is 7.74. The zero-order valence-electron chi connectivity index (χ0n) is 11.3. The summed E-state index contributed by atoms with van der Waals surface area (Å²) in [5.41, 5.74) is 0. The maximum Gasteiger partial charge on any atom is 0.248 e. The molecule has 1 amide bonds. The van der Waals surface area contributed by atoms with Crippen LogP contribution in [0.2, 0.25) is 0 Å². The molecule has 0 bridgehead atoms. The van der Waals surface area contributed by atoms with Crippen LogP contribution in [0.1, 0.15) is 51.4 Å². The zero-order chi connectivity index (χ0) is 12.6. The molecule has 4 nitrogen and oxygen atoms in total. The number of carbonyl (C=O) groups excluding carboxylic acids is 1. The number of rotatable bonds is 3. The fourth-order valence-corrected chi connectivity index (χ4v) is 2.72. The first kappa shape index (κ1) is 13.8. The lowest BCUT2D eigenvalue weighted by molar-refractivity contribution is -0.139. The van der Waals surface area contributed by atoms with E-state index in [-0.39, 0.29) is 18.7 Å². The minimum absolute atomic E-state index is 0.0865. The summed E-state index contributed by atoms with van der Waals surface area (Å²) in [4.78, 5) is 14.0. The van der Waals surface area contributed by atoms with E-state index in [1.54, 1.807) is 0 Å². The summed E-state index contributed by atoms with van der Waals surface area (Å²) in [6, 6.07) is 0. The lowest BCUT2D eigenvalue weighted by Gasteiger charge is -2.22. The molecule has 0 aromatic heterocycles. The van der Waals surface area contributed by atoms with Crippen molar-refractivity contribution in [2.75, 3.05) is 26.2 Å². The van der Waals surface area contributed by atoms with Gasteiger partial charge in [-0.3, -0.25) is 10.1 Å². The fraction of sp³-hybridized carbons (Fsp3) is 0.929. The monoisotopic (exact) mass is 254 g/mol. The Balaban J connectivity index is 1.69. The molecule has 2 rings (SSSR count). The van der Waals surface area contributed by atoms with Crippen molar-refractivity contribution < 1.29 is 9.53 Å². The first-order valence-electron chi connectivity index (χ1n) is 7.49. The topological polar surface area (TPSA) is 41.6 Å². The van der Waals surface area contributed by atoms with Crippen LogP contribution in [-0.4, -0.2) is 43.3 Å². The molecule has 2 heterocycles. The Bertz CT molecular complexity index is 242. The van der Waals surface area contributed by atoms with Gasteiger partial charge in [-0.15, -0.1) is 0 Å². The van der Waals surface area contributed by atoms with Gasteiger partial charge in [0.2, 0.25) is 5.91 Å². The van der Waals surface area contributed by atoms with Gasteiger partial charge in [-0.25, -0.2) is 0 Å². The highest BCUT2D eigenvalue weighted by molar-refractivity contribution is 5.77. The maximum atomic E-state index is 12.1. The van der Waals surface area contributed by atoms with E-state index in [1.165, 1.54) is 32.1 Å². The Kier molecular flexibility index (Phi) is 5.94. The molecule has 2 fully saturated rings. The van der Waals surface area contributed by atoms with Gasteiger partial charge in [0.05, 0.1) is 0 Å². The van der Waals surface area contributed by atoms with Gasteiger partial charge in [-0.2, -0.15) is 0 Å². The van der Waals surface area contributed by atoms with E-state index in [1.807, 2.05) is 4.90 Å². The normalized spacial score (nSPS) is 26.4. The van der Waals surface area contributed by atoms with Gasteiger partial charge in [0.25, 0.3) is 0 Å². The van der Waals surface area contributed by atoms with Crippen molar-refractivity contribution in [2.45, 2.75) is 57.6 Å². The fourth-order valence-electron chi connectivity index (χ4n) is 2.72. The smallest absolute Gasteiger partial charge is 0.248 e. The van der Waals surface area contributed by atoms with E-state index in [9.17, 15) is 4.79 Å². The molecule has 0 aliphatic carbocycles. The van der Waals surface area contributed by atoms with Gasteiger partial charge in [-0.05, 0) is 38.6 Å². The molecule has 2 aliphatic rings. The molecule has 18 heavy (non-hydrogen) atoms. The Labute approximate surface area is 110 Å². The highest BCUT2D eigenvalue weighted by atomic mass is 16.5. The van der Waals surface area contributed by atoms with Crippen molar-refractivity contribution in [2.24, 2.45) is 0 Å². The second-order valence-electron chi connectivity index (χ2n) is 5.40. The predicted molar refractivity (Wildman–Crippen MR) is 71.3 cm³/mol. The largest absolute Gasteiger partial charge is 0.354 e. The molecule has 1 unspecified atom stereocenters. The number of amides is 1. The van der Waals surface area contributed by atoms with Crippen molar-refractivity contribution in [1.82, 2.24) is 10.2 Å². The van der Waals surface area contributed by atoms with E-state index < -0.39 is 0 Å². The van der Waals surface area contributed by atoms with Crippen LogP contribution in [0.25, 0.3) is 0 Å². The predicted octanol–water partition coefficient (Wildman–Crippen LogP) is 1.90. The van der Waals surface area contributed by atoms with Crippen LogP contribution in [0.5, 0.6) is 0 Å². The third-order valence-electron chi connectivity index (χ3n) is 3.88. The molecule has 0 saturated carbocycles. The number of hydrogen-bond donors (Lipinski definition) is 1. The minimum Gasteiger partial charge on any atom is -0.354 e. The highest BCUT2D eigenvalue weighted by Gasteiger charge is 2.18. The van der Waals surface area contributed by atoms with E-state index in [2.05, 4.69) is 5.32 Å². The summed E-state index contributed by atoms with van der Waals surface area (Å²) in [5.74, 6) is 0.169. The van der Waals surface area contributed by atoms with Crippen LogP contribution < -0.4 is 5.32 Å². The van der Waals surface area contributed by atoms with Gasteiger partial charge in [0, 0.05) is 13.1 Å². The second-order valence-corrected chi connectivity index (χ2v) is 5.40. The number of likely N-dealkylation sites (tertiary alicyclic amines) is 1. The van der Waals surface area contributed by atoms with E-state index in [0.717, 1.165) is 38.9 Å². The molecule has 2 aliphatic heterocycles. The quantitative estimate of drug-likeness (QED) is 0.836. The third-order valence-corrected chi connectivity index (χ3v) is 3.88. The van der Waals surface area contributed by atoms with Crippen LogP contribution in [-0.2, 0) is 9.53 Å². The van der Waals surface area contributed by atoms with Crippen LogP contribution >= 0.6 is 0 Å². The summed E-state index contributed by atoms with van der Waals surface area (Å²) < 4.78 is 5.72. The number of carbonyl (C=O) groups is 1. The summed E-state index contributed by atoms with van der Waals surface area (Å²) in [6.07, 6.45) is 9.63. The summed E-state index contributed by atoms with van der Waals surface area (Å²) >= 11 is 0. The van der Waals surface area contributed by atoms with E-state index in [0.29, 0.717) is 0 Å². The Morgan fingerprint density at radius 2 is 1.78 bits per heavy atom. The van der Waals surface area contributed by atoms with E-state index >= 15 is 0 Å². The molecule has 2 saturated heterocycles. The number of nitrogens with zero attached hydrogens (tertiary/aromatic N) is 1. The van der Waals surface area contributed by atoms with Crippen LogP contribution in [0.3, 0.4) is 0 Å². The molecule has 4 heteroatoms. The van der Waals surface area contributed by atoms with Gasteiger partial charge in [-0.1, -0.05) is 19.3 Å². The van der Waals surface area contributed by atoms with Gasteiger partial charge in [0.1, 0.15) is 12.8 Å². The minimum atomic E-state index is 0.0865. The maximum absolute atomic E-state index is 12.1. The average Bonchev–Trinajstić information content (AvgIpc) is 2.80. The lowest BCUT2D eigenvalue weighted by Crippen LogP contribution is -2.38. The van der Waals surface area contributed by atoms with Crippen molar-refractivity contribution in [3.8, 4) is 0 Å². The van der Waals surface area contributed by atoms with Crippen molar-refractivity contribution in [3.63, 3.8) is 0 Å². The summed E-state index contributed by atoms with van der Waals surface area (Å²) in [5, 5.41) is 3.36. The SMILES string of the molecule is O=C(COC1CCCCCN1)N1CCCCCC1. The summed E-state index contributed by atoms with van der Waals surface area (Å²) in [6.45, 7) is 3.10. The van der Waals surface area contributed by atoms with Gasteiger partial charge < -0.3 is 9.64 Å². The lowest BCUT2D eigenvalue weighted by atomic mass is 10.2. The van der Waals surface area contributed by atoms with Crippen LogP contribution in [0, 0.1) is 0 Å². The highest BCUT2D eigenvalue weighted by Crippen LogP contribution is 2.12. The van der Waals surface area contributed by atoms with Crippen molar-refractivity contribution >= 4 is 5.91 Å². The Morgan fingerprint density at radius 3 is 2.56 bits per heavy atom. The Hall–Kier alpha value is -0.610. The van der Waals surface area contributed by atoms with Crippen LogP contribution in [0.15, 0.2) is 0 Å². The Morgan fingerprint density at radius 1 is 1.06 bits per heavy atom. The van der Waals surface area contributed by atoms with E-state index in [4.69, 9.17) is 4.74 Å². The summed E-state index contributed by atoms with van der Waals surface area (Å²) in [7, 11) is 0. The zero-order valence-corrected chi connectivity index (χ0v) is 11.3. The molecule has 0 aromatic carbocycles. The number of ether oxygens (including phenoxy) is 1. The number of nitrogens with one attached hydrogen (secondary N) is 1. The molecule has 1 N–H and O–H groups in total. The van der Waals surface area contributed by atoms with Crippen molar-refractivity contribution in [1.29, 1.82) is 0 Å². The van der Waals surface area contributed by atoms with Gasteiger partial charge >= 0.3 is 0 Å². The average molecular weight is 254 g/mol. The van der Waals surface area contributed by atoms with Crippen molar-refractivity contribution in [3.05, 3.63) is 0 Å². The third kappa shape index (κ3) is 4.58. The first-order valence-corrected chi connectivity index (χ1v) is 7.49. The molecule has 104 valence electrons. The molecule has 0 aromatic rings. The molecule has 0 radical (unpaired) electrons. The molecule has 0 spiro atoms. The van der Waals surface area contributed by atoms with Crippen LogP contribution in [0.4, 0.5) is 0 Å². The first-order chi connectivity index (χ1) is 8.86. The number of hydrogen-bond acceptors (Lipinski definition) is 3. The van der Waals surface area contributed by atoms with Gasteiger partial charge in [0.15, 0.2) is 0 Å². The molecule has 1 atom stereocenters. The standard InChI is InChI=1S/C14H26N2O2/c17-14(16-10-6-1-2-7-11-16)12-18-13-8-4-3-5-9-15-13/h13,15H,1-12H2.